The summed E-state index contributed by atoms with van der Waals surface area (Å²) in [5.74, 6) is 5.06. The summed E-state index contributed by atoms with van der Waals surface area (Å²) in [5, 5.41) is 4.63. The predicted octanol–water partition coefficient (Wildman–Crippen LogP) is -0.381. The number of aromatic amines is 1. The van der Waals surface area contributed by atoms with Crippen LogP contribution in [0.15, 0.2) is 21.5 Å². The standard InChI is InChI=1S/C6H10N4O2/c1-4(2)3-10(7)5-8-6(11)12-9-5/h1,3,7H2,2H3,(H,8,9,11). The lowest BCUT2D eigenvalue weighted by Gasteiger charge is -2.12. The number of hydrazine groups is 1. The average Bonchev–Trinajstić information content (AvgIpc) is 2.34. The highest BCUT2D eigenvalue weighted by Gasteiger charge is 2.06. The van der Waals surface area contributed by atoms with E-state index in [-0.39, 0.29) is 5.95 Å². The number of hydrogen-bond donors (Lipinski definition) is 2. The van der Waals surface area contributed by atoms with Crippen molar-refractivity contribution >= 4 is 5.95 Å². The monoisotopic (exact) mass is 170 g/mol. The van der Waals surface area contributed by atoms with E-state index in [1.165, 1.54) is 5.01 Å². The van der Waals surface area contributed by atoms with Crippen LogP contribution in [0, 0.1) is 0 Å². The minimum absolute atomic E-state index is 0.197. The molecular formula is C6H10N4O2. The van der Waals surface area contributed by atoms with Crippen LogP contribution in [0.1, 0.15) is 6.92 Å². The van der Waals surface area contributed by atoms with Gasteiger partial charge in [0.1, 0.15) is 0 Å². The summed E-state index contributed by atoms with van der Waals surface area (Å²) in [6, 6.07) is 0. The summed E-state index contributed by atoms with van der Waals surface area (Å²) in [6.07, 6.45) is 0. The van der Waals surface area contributed by atoms with Gasteiger partial charge in [-0.2, -0.15) is 0 Å². The molecule has 1 aromatic rings. The van der Waals surface area contributed by atoms with Crippen LogP contribution in [0.2, 0.25) is 0 Å². The van der Waals surface area contributed by atoms with Crippen LogP contribution >= 0.6 is 0 Å². The zero-order chi connectivity index (χ0) is 9.14. The molecule has 0 saturated heterocycles. The topological polar surface area (TPSA) is 88.2 Å². The van der Waals surface area contributed by atoms with Crippen LogP contribution in [0.5, 0.6) is 0 Å². The van der Waals surface area contributed by atoms with Crippen LogP contribution < -0.4 is 16.6 Å². The molecule has 0 fully saturated rings. The van der Waals surface area contributed by atoms with Crippen molar-refractivity contribution in [2.24, 2.45) is 5.84 Å². The maximum absolute atomic E-state index is 10.5. The quantitative estimate of drug-likeness (QED) is 0.366. The minimum atomic E-state index is -0.623. The molecule has 0 unspecified atom stereocenters. The van der Waals surface area contributed by atoms with E-state index in [4.69, 9.17) is 5.84 Å². The molecule has 66 valence electrons. The molecule has 12 heavy (non-hydrogen) atoms. The third-order valence-corrected chi connectivity index (χ3v) is 1.14. The molecular weight excluding hydrogens is 160 g/mol. The SMILES string of the molecule is C=C(C)CN(N)c1noc(=O)[nH]1. The van der Waals surface area contributed by atoms with E-state index in [0.29, 0.717) is 6.54 Å². The Kier molecular flexibility index (Phi) is 2.29. The van der Waals surface area contributed by atoms with E-state index < -0.39 is 5.76 Å². The highest BCUT2D eigenvalue weighted by atomic mass is 16.5. The van der Waals surface area contributed by atoms with Gasteiger partial charge in [-0.15, -0.1) is 0 Å². The van der Waals surface area contributed by atoms with Crippen molar-refractivity contribution in [3.8, 4) is 0 Å². The molecule has 0 aliphatic carbocycles. The summed E-state index contributed by atoms with van der Waals surface area (Å²) in [5.41, 5.74) is 0.862. The molecule has 0 radical (unpaired) electrons. The molecule has 0 aromatic carbocycles. The van der Waals surface area contributed by atoms with Crippen molar-refractivity contribution in [1.29, 1.82) is 0 Å². The molecule has 6 nitrogen and oxygen atoms in total. The molecule has 0 saturated carbocycles. The predicted molar refractivity (Wildman–Crippen MR) is 43.5 cm³/mol. The second kappa shape index (κ2) is 3.22. The number of nitrogens with one attached hydrogen (secondary N) is 1. The smallest absolute Gasteiger partial charge is 0.294 e. The summed E-state index contributed by atoms with van der Waals surface area (Å²) in [7, 11) is 0. The molecule has 0 amide bonds. The largest absolute Gasteiger partial charge is 0.440 e. The van der Waals surface area contributed by atoms with Crippen molar-refractivity contribution in [3.05, 3.63) is 22.7 Å². The number of H-pyrrole nitrogens is 1. The lowest BCUT2D eigenvalue weighted by atomic mass is 10.3. The minimum Gasteiger partial charge on any atom is -0.294 e. The molecule has 0 atom stereocenters. The van der Waals surface area contributed by atoms with Gasteiger partial charge >= 0.3 is 5.76 Å². The number of hydrogen-bond acceptors (Lipinski definition) is 5. The molecule has 0 spiro atoms. The van der Waals surface area contributed by atoms with Crippen molar-refractivity contribution in [2.45, 2.75) is 6.92 Å². The Labute approximate surface area is 68.6 Å². The molecule has 0 bridgehead atoms. The summed E-state index contributed by atoms with van der Waals surface area (Å²) in [6.45, 7) is 5.89. The van der Waals surface area contributed by atoms with Gasteiger partial charge in [-0.25, -0.2) is 10.6 Å². The Bertz CT molecular complexity index is 326. The third-order valence-electron chi connectivity index (χ3n) is 1.14. The first kappa shape index (κ1) is 8.54. The molecule has 3 N–H and O–H groups in total. The highest BCUT2D eigenvalue weighted by molar-refractivity contribution is 5.25. The summed E-state index contributed by atoms with van der Waals surface area (Å²) < 4.78 is 4.25. The number of anilines is 1. The molecule has 1 aromatic heterocycles. The Morgan fingerprint density at radius 3 is 3.00 bits per heavy atom. The van der Waals surface area contributed by atoms with E-state index in [9.17, 15) is 4.79 Å². The number of nitrogens with two attached hydrogens (primary N) is 1. The molecule has 0 aliphatic rings. The van der Waals surface area contributed by atoms with Crippen LogP contribution in [-0.4, -0.2) is 16.7 Å². The van der Waals surface area contributed by atoms with Crippen molar-refractivity contribution in [2.75, 3.05) is 11.6 Å². The molecule has 6 heteroatoms. The molecule has 0 aliphatic heterocycles. The average molecular weight is 170 g/mol. The number of nitrogens with zero attached hydrogens (tertiary/aromatic N) is 2. The fourth-order valence-corrected chi connectivity index (χ4v) is 0.712. The Balaban J connectivity index is 2.71. The van der Waals surface area contributed by atoms with Crippen molar-refractivity contribution in [3.63, 3.8) is 0 Å². The summed E-state index contributed by atoms with van der Waals surface area (Å²) >= 11 is 0. The van der Waals surface area contributed by atoms with Crippen molar-refractivity contribution in [1.82, 2.24) is 10.1 Å². The van der Waals surface area contributed by atoms with Crippen LogP contribution in [0.3, 0.4) is 0 Å². The molecule has 1 heterocycles. The van der Waals surface area contributed by atoms with Crippen LogP contribution in [-0.2, 0) is 0 Å². The number of rotatable bonds is 3. The van der Waals surface area contributed by atoms with Gasteiger partial charge in [0.25, 0.3) is 5.95 Å². The van der Waals surface area contributed by atoms with E-state index >= 15 is 0 Å². The Morgan fingerprint density at radius 1 is 1.92 bits per heavy atom. The van der Waals surface area contributed by atoms with E-state index in [1.54, 1.807) is 0 Å². The van der Waals surface area contributed by atoms with Gasteiger partial charge < -0.3 is 0 Å². The highest BCUT2D eigenvalue weighted by Crippen LogP contribution is 1.99. The van der Waals surface area contributed by atoms with Gasteiger partial charge in [-0.3, -0.25) is 14.5 Å². The first-order valence-electron chi connectivity index (χ1n) is 3.32. The zero-order valence-electron chi connectivity index (χ0n) is 6.70. The van der Waals surface area contributed by atoms with Gasteiger partial charge in [0, 0.05) is 0 Å². The fraction of sp³-hybridized carbons (Fsp3) is 0.333. The fourth-order valence-electron chi connectivity index (χ4n) is 0.712. The van der Waals surface area contributed by atoms with E-state index in [1.807, 2.05) is 6.92 Å². The van der Waals surface area contributed by atoms with Gasteiger partial charge in [0.15, 0.2) is 0 Å². The van der Waals surface area contributed by atoms with E-state index in [0.717, 1.165) is 5.57 Å². The second-order valence-corrected chi connectivity index (χ2v) is 2.50. The van der Waals surface area contributed by atoms with Gasteiger partial charge in [-0.1, -0.05) is 12.2 Å². The third kappa shape index (κ3) is 1.96. The van der Waals surface area contributed by atoms with Gasteiger partial charge in [0.2, 0.25) is 0 Å². The first-order chi connectivity index (χ1) is 5.59. The summed E-state index contributed by atoms with van der Waals surface area (Å²) in [4.78, 5) is 12.8. The molecule has 1 rings (SSSR count). The van der Waals surface area contributed by atoms with Crippen molar-refractivity contribution < 1.29 is 4.52 Å². The lowest BCUT2D eigenvalue weighted by molar-refractivity contribution is 0.386. The van der Waals surface area contributed by atoms with Crippen LogP contribution in [0.25, 0.3) is 0 Å². The maximum Gasteiger partial charge on any atom is 0.440 e. The van der Waals surface area contributed by atoms with Crippen LogP contribution in [0.4, 0.5) is 5.95 Å². The Hall–Kier alpha value is -1.56. The zero-order valence-corrected chi connectivity index (χ0v) is 6.70. The maximum atomic E-state index is 10.5. The Morgan fingerprint density at radius 2 is 2.58 bits per heavy atom. The number of aromatic nitrogens is 2. The van der Waals surface area contributed by atoms with Gasteiger partial charge in [0.05, 0.1) is 6.54 Å². The lowest BCUT2D eigenvalue weighted by Crippen LogP contribution is -2.33. The van der Waals surface area contributed by atoms with E-state index in [2.05, 4.69) is 21.2 Å². The normalized spacial score (nSPS) is 9.83. The second-order valence-electron chi connectivity index (χ2n) is 2.50. The van der Waals surface area contributed by atoms with Gasteiger partial charge in [-0.05, 0) is 12.1 Å². The first-order valence-corrected chi connectivity index (χ1v) is 3.32.